The summed E-state index contributed by atoms with van der Waals surface area (Å²) in [4.78, 5) is 1.80. The molecule has 94 valence electrons. The Labute approximate surface area is 102 Å². The molecule has 0 bridgehead atoms. The minimum absolute atomic E-state index is 0.255. The zero-order valence-corrected chi connectivity index (χ0v) is 10.2. The minimum Gasteiger partial charge on any atom is -0.316 e. The highest BCUT2D eigenvalue weighted by Crippen LogP contribution is 2.49. The largest absolute Gasteiger partial charge is 0.396 e. The molecule has 2 aliphatic rings. The fourth-order valence-corrected chi connectivity index (χ4v) is 4.45. The Balaban J connectivity index is 2.01. The minimum atomic E-state index is -4.06. The van der Waals surface area contributed by atoms with Crippen molar-refractivity contribution in [3.05, 3.63) is 20.9 Å². The van der Waals surface area contributed by atoms with Crippen LogP contribution in [0.2, 0.25) is 0 Å². The van der Waals surface area contributed by atoms with E-state index >= 15 is 0 Å². The fourth-order valence-electron chi connectivity index (χ4n) is 2.89. The first-order valence-corrected chi connectivity index (χ1v) is 6.80. The second-order valence-corrected chi connectivity index (χ2v) is 5.87. The third-order valence-corrected chi connectivity index (χ3v) is 5.15. The average Bonchev–Trinajstić information content (AvgIpc) is 2.69. The summed E-state index contributed by atoms with van der Waals surface area (Å²) in [5, 5.41) is 3.30. The summed E-state index contributed by atoms with van der Waals surface area (Å²) >= 11 is 1.41. The highest BCUT2D eigenvalue weighted by molar-refractivity contribution is 7.12. The van der Waals surface area contributed by atoms with E-state index in [4.69, 9.17) is 0 Å². The second kappa shape index (κ2) is 3.99. The zero-order valence-electron chi connectivity index (χ0n) is 9.36. The van der Waals surface area contributed by atoms with Gasteiger partial charge in [0, 0.05) is 9.75 Å². The van der Waals surface area contributed by atoms with Crippen LogP contribution in [0.5, 0.6) is 0 Å². The number of fused-ring (bicyclic) bond motifs is 3. The van der Waals surface area contributed by atoms with E-state index < -0.39 is 12.1 Å². The first kappa shape index (κ1) is 11.5. The molecule has 0 radical (unpaired) electrons. The molecule has 3 rings (SSSR count). The van der Waals surface area contributed by atoms with Crippen LogP contribution in [0.25, 0.3) is 0 Å². The van der Waals surface area contributed by atoms with Crippen LogP contribution in [0.3, 0.4) is 0 Å². The fraction of sp³-hybridized carbons (Fsp3) is 0.667. The van der Waals surface area contributed by atoms with Crippen molar-refractivity contribution in [1.29, 1.82) is 0 Å². The van der Waals surface area contributed by atoms with Gasteiger partial charge in [0.2, 0.25) is 0 Å². The molecule has 1 N–H and O–H groups in total. The van der Waals surface area contributed by atoms with Crippen molar-refractivity contribution in [3.63, 3.8) is 0 Å². The molecule has 17 heavy (non-hydrogen) atoms. The quantitative estimate of drug-likeness (QED) is 0.757. The number of hydrogen-bond donors (Lipinski definition) is 1. The summed E-state index contributed by atoms with van der Waals surface area (Å²) < 4.78 is 38.6. The highest BCUT2D eigenvalue weighted by atomic mass is 32.1. The molecule has 0 unspecified atom stereocenters. The second-order valence-electron chi connectivity index (χ2n) is 4.73. The average molecular weight is 261 g/mol. The molecule has 1 aromatic rings. The molecule has 0 aromatic carbocycles. The highest BCUT2D eigenvalue weighted by Gasteiger charge is 2.46. The molecule has 0 spiro atoms. The predicted octanol–water partition coefficient (Wildman–Crippen LogP) is 3.03. The summed E-state index contributed by atoms with van der Waals surface area (Å²) in [6, 6.07) is 0. The number of alkyl halides is 3. The van der Waals surface area contributed by atoms with Gasteiger partial charge in [-0.3, -0.25) is 0 Å². The number of thiophene rings is 1. The van der Waals surface area contributed by atoms with Crippen molar-refractivity contribution >= 4 is 11.3 Å². The maximum absolute atomic E-state index is 12.9. The van der Waals surface area contributed by atoms with Crippen LogP contribution >= 0.6 is 11.3 Å². The monoisotopic (exact) mass is 261 g/mol. The van der Waals surface area contributed by atoms with Crippen LogP contribution in [-0.2, 0) is 19.3 Å². The molecule has 1 atom stereocenters. The standard InChI is InChI=1S/C12H14F3NS/c13-12(14,15)9-2-1-8-7-3-5-16-6-4-10(7)17-11(8)9/h9,16H,1-6H2/t9-/m0/s1. The van der Waals surface area contributed by atoms with Gasteiger partial charge >= 0.3 is 6.18 Å². The molecule has 1 aromatic heterocycles. The summed E-state index contributed by atoms with van der Waals surface area (Å²) in [6.07, 6.45) is -1.41. The first-order valence-electron chi connectivity index (χ1n) is 5.98. The van der Waals surface area contributed by atoms with E-state index in [-0.39, 0.29) is 6.42 Å². The van der Waals surface area contributed by atoms with Gasteiger partial charge in [-0.05, 0) is 49.9 Å². The van der Waals surface area contributed by atoms with Gasteiger partial charge in [-0.25, -0.2) is 0 Å². The number of nitrogens with one attached hydrogen (secondary N) is 1. The van der Waals surface area contributed by atoms with Gasteiger partial charge in [0.15, 0.2) is 0 Å². The maximum Gasteiger partial charge on any atom is 0.396 e. The lowest BCUT2D eigenvalue weighted by atomic mass is 10.1. The molecule has 0 saturated heterocycles. The Morgan fingerprint density at radius 1 is 1.06 bits per heavy atom. The van der Waals surface area contributed by atoms with E-state index in [1.165, 1.54) is 21.8 Å². The molecular weight excluding hydrogens is 247 g/mol. The lowest BCUT2D eigenvalue weighted by Crippen LogP contribution is -2.18. The molecule has 0 saturated carbocycles. The molecule has 0 fully saturated rings. The smallest absolute Gasteiger partial charge is 0.316 e. The maximum atomic E-state index is 12.9. The Morgan fingerprint density at radius 2 is 1.82 bits per heavy atom. The molecular formula is C12H14F3NS. The van der Waals surface area contributed by atoms with Crippen molar-refractivity contribution in [2.45, 2.75) is 37.8 Å². The first-order chi connectivity index (χ1) is 8.07. The lowest BCUT2D eigenvalue weighted by molar-refractivity contribution is -0.149. The van der Waals surface area contributed by atoms with Crippen molar-refractivity contribution in [2.75, 3.05) is 13.1 Å². The lowest BCUT2D eigenvalue weighted by Gasteiger charge is -2.13. The van der Waals surface area contributed by atoms with Gasteiger partial charge < -0.3 is 5.32 Å². The summed E-state index contributed by atoms with van der Waals surface area (Å²) in [5.41, 5.74) is 2.25. The summed E-state index contributed by atoms with van der Waals surface area (Å²) in [6.45, 7) is 1.79. The zero-order chi connectivity index (χ0) is 12.0. The molecule has 1 aliphatic heterocycles. The van der Waals surface area contributed by atoms with Crippen LogP contribution in [0.15, 0.2) is 0 Å². The Bertz CT molecular complexity index is 436. The van der Waals surface area contributed by atoms with Crippen LogP contribution in [0.4, 0.5) is 13.2 Å². The molecule has 1 aliphatic carbocycles. The van der Waals surface area contributed by atoms with E-state index in [9.17, 15) is 13.2 Å². The molecule has 0 amide bonds. The molecule has 2 heterocycles. The van der Waals surface area contributed by atoms with Gasteiger partial charge in [-0.15, -0.1) is 11.3 Å². The normalized spacial score (nSPS) is 24.3. The topological polar surface area (TPSA) is 12.0 Å². The van der Waals surface area contributed by atoms with Gasteiger partial charge in [-0.1, -0.05) is 0 Å². The summed E-state index contributed by atoms with van der Waals surface area (Å²) in [7, 11) is 0. The number of rotatable bonds is 0. The van der Waals surface area contributed by atoms with E-state index in [1.807, 2.05) is 0 Å². The number of halogens is 3. The third-order valence-electron chi connectivity index (χ3n) is 3.71. The number of hydrogen-bond acceptors (Lipinski definition) is 2. The van der Waals surface area contributed by atoms with Gasteiger partial charge in [-0.2, -0.15) is 13.2 Å². The van der Waals surface area contributed by atoms with Crippen molar-refractivity contribution in [3.8, 4) is 0 Å². The molecule has 5 heteroatoms. The van der Waals surface area contributed by atoms with Gasteiger partial charge in [0.1, 0.15) is 0 Å². The Morgan fingerprint density at radius 3 is 2.59 bits per heavy atom. The van der Waals surface area contributed by atoms with E-state index in [2.05, 4.69) is 5.32 Å². The Hall–Kier alpha value is -0.550. The van der Waals surface area contributed by atoms with Gasteiger partial charge in [0.05, 0.1) is 5.92 Å². The van der Waals surface area contributed by atoms with E-state index in [0.29, 0.717) is 11.3 Å². The van der Waals surface area contributed by atoms with E-state index in [0.717, 1.165) is 31.5 Å². The van der Waals surface area contributed by atoms with Crippen LogP contribution < -0.4 is 5.32 Å². The van der Waals surface area contributed by atoms with E-state index in [1.54, 1.807) is 0 Å². The van der Waals surface area contributed by atoms with Crippen LogP contribution in [0, 0.1) is 0 Å². The SMILES string of the molecule is FC(F)(F)[C@H]1CCc2c1sc1c2CCNCC1. The predicted molar refractivity (Wildman–Crippen MR) is 61.7 cm³/mol. The van der Waals surface area contributed by atoms with Crippen LogP contribution in [-0.4, -0.2) is 19.3 Å². The van der Waals surface area contributed by atoms with Crippen molar-refractivity contribution < 1.29 is 13.2 Å². The van der Waals surface area contributed by atoms with Crippen molar-refractivity contribution in [2.24, 2.45) is 0 Å². The van der Waals surface area contributed by atoms with Crippen LogP contribution in [0.1, 0.15) is 33.2 Å². The van der Waals surface area contributed by atoms with Crippen molar-refractivity contribution in [1.82, 2.24) is 5.32 Å². The van der Waals surface area contributed by atoms with Gasteiger partial charge in [0.25, 0.3) is 0 Å². The Kier molecular flexibility index (Phi) is 2.70. The molecule has 1 nitrogen and oxygen atoms in total. The third kappa shape index (κ3) is 1.89. The summed E-state index contributed by atoms with van der Waals surface area (Å²) in [5.74, 6) is -1.19.